The molecule has 0 aliphatic rings. The first-order valence-electron chi connectivity index (χ1n) is 9.08. The smallest absolute Gasteiger partial charge is 0.348 e. The first-order valence-corrected chi connectivity index (χ1v) is 9.89. The van der Waals surface area contributed by atoms with E-state index in [0.29, 0.717) is 32.2 Å². The molecule has 0 atom stereocenters. The minimum absolute atomic E-state index is 0.266. The van der Waals surface area contributed by atoms with Gasteiger partial charge in [-0.1, -0.05) is 24.3 Å². The average Bonchev–Trinajstić information content (AvgIpc) is 3.08. The predicted octanol–water partition coefficient (Wildman–Crippen LogP) is 4.83. The first-order chi connectivity index (χ1) is 14.4. The Kier molecular flexibility index (Phi) is 5.09. The van der Waals surface area contributed by atoms with Crippen molar-refractivity contribution in [1.82, 2.24) is 9.97 Å². The second-order valence-corrected chi connectivity index (χ2v) is 7.59. The van der Waals surface area contributed by atoms with Gasteiger partial charge in [-0.3, -0.25) is 0 Å². The number of benzene rings is 2. The van der Waals surface area contributed by atoms with Gasteiger partial charge in [0.2, 0.25) is 5.88 Å². The molecule has 2 aromatic carbocycles. The second kappa shape index (κ2) is 7.72. The van der Waals surface area contributed by atoms with Gasteiger partial charge in [-0.25, -0.2) is 14.6 Å². The third kappa shape index (κ3) is 3.35. The van der Waals surface area contributed by atoms with Gasteiger partial charge in [0.1, 0.15) is 26.8 Å². The maximum Gasteiger partial charge on any atom is 0.348 e. The summed E-state index contributed by atoms with van der Waals surface area (Å²) in [6.45, 7) is 3.53. The van der Waals surface area contributed by atoms with Crippen LogP contribution in [-0.4, -0.2) is 36.1 Å². The Morgan fingerprint density at radius 1 is 0.933 bits per heavy atom. The third-order valence-corrected chi connectivity index (χ3v) is 5.87. The minimum atomic E-state index is -0.518. The Hall–Kier alpha value is -3.52. The fourth-order valence-electron chi connectivity index (χ4n) is 3.24. The number of rotatable bonds is 4. The Morgan fingerprint density at radius 3 is 2.27 bits per heavy atom. The van der Waals surface area contributed by atoms with Crippen molar-refractivity contribution in [3.8, 4) is 11.6 Å². The van der Waals surface area contributed by atoms with Gasteiger partial charge in [0.05, 0.1) is 19.6 Å². The quantitative estimate of drug-likeness (QED) is 0.435. The standard InChI is InChI=1S/C22H18N2O5S/c1-11-17-19(23-12(2)24-20(17)30-18(11)22(26)28-4)29-16-10-14-8-6-5-7-13(14)9-15(16)21(25)27-3/h5-10H,1-4H3. The van der Waals surface area contributed by atoms with Gasteiger partial charge in [-0.2, -0.15) is 4.98 Å². The number of nitrogens with zero attached hydrogens (tertiary/aromatic N) is 2. The minimum Gasteiger partial charge on any atom is -0.465 e. The van der Waals surface area contributed by atoms with Crippen molar-refractivity contribution >= 4 is 44.3 Å². The van der Waals surface area contributed by atoms with E-state index in [1.54, 1.807) is 26.0 Å². The van der Waals surface area contributed by atoms with Gasteiger partial charge >= 0.3 is 11.9 Å². The molecule has 4 rings (SSSR count). The number of methoxy groups -OCH3 is 2. The van der Waals surface area contributed by atoms with E-state index in [0.717, 1.165) is 10.8 Å². The largest absolute Gasteiger partial charge is 0.465 e. The molecule has 0 amide bonds. The van der Waals surface area contributed by atoms with Gasteiger partial charge < -0.3 is 14.2 Å². The number of ether oxygens (including phenoxy) is 3. The van der Waals surface area contributed by atoms with Gasteiger partial charge in [-0.15, -0.1) is 11.3 Å². The number of hydrogen-bond acceptors (Lipinski definition) is 8. The molecule has 0 bridgehead atoms. The fourth-order valence-corrected chi connectivity index (χ4v) is 4.38. The monoisotopic (exact) mass is 422 g/mol. The first kappa shape index (κ1) is 19.8. The molecule has 7 nitrogen and oxygen atoms in total. The van der Waals surface area contributed by atoms with Crippen LogP contribution in [0, 0.1) is 13.8 Å². The Bertz CT molecular complexity index is 1310. The molecule has 0 unspecified atom stereocenters. The summed E-state index contributed by atoms with van der Waals surface area (Å²) in [5, 5.41) is 2.39. The molecule has 152 valence electrons. The molecule has 0 aliphatic carbocycles. The molecule has 0 saturated carbocycles. The summed E-state index contributed by atoms with van der Waals surface area (Å²) >= 11 is 1.22. The number of aryl methyl sites for hydroxylation is 2. The van der Waals surface area contributed by atoms with Crippen LogP contribution in [0.2, 0.25) is 0 Å². The van der Waals surface area contributed by atoms with Crippen LogP contribution in [0.15, 0.2) is 36.4 Å². The molecule has 0 radical (unpaired) electrons. The van der Waals surface area contributed by atoms with E-state index in [4.69, 9.17) is 14.2 Å². The Morgan fingerprint density at radius 2 is 1.60 bits per heavy atom. The van der Waals surface area contributed by atoms with E-state index >= 15 is 0 Å². The molecule has 30 heavy (non-hydrogen) atoms. The predicted molar refractivity (Wildman–Crippen MR) is 114 cm³/mol. The zero-order chi connectivity index (χ0) is 21.4. The number of carbonyl (C=O) groups excluding carboxylic acids is 2. The van der Waals surface area contributed by atoms with Gasteiger partial charge in [-0.05, 0) is 42.3 Å². The number of carbonyl (C=O) groups is 2. The topological polar surface area (TPSA) is 87.6 Å². The van der Waals surface area contributed by atoms with Crippen molar-refractivity contribution in [2.45, 2.75) is 13.8 Å². The lowest BCUT2D eigenvalue weighted by Gasteiger charge is -2.12. The van der Waals surface area contributed by atoms with E-state index in [2.05, 4.69) is 9.97 Å². The highest BCUT2D eigenvalue weighted by atomic mass is 32.1. The highest BCUT2D eigenvalue weighted by Crippen LogP contribution is 2.38. The lowest BCUT2D eigenvalue weighted by atomic mass is 10.1. The van der Waals surface area contributed by atoms with Crippen LogP contribution < -0.4 is 4.74 Å². The zero-order valence-corrected chi connectivity index (χ0v) is 17.6. The van der Waals surface area contributed by atoms with E-state index in [1.165, 1.54) is 25.6 Å². The lowest BCUT2D eigenvalue weighted by molar-refractivity contribution is 0.0592. The number of hydrogen-bond donors (Lipinski definition) is 0. The lowest BCUT2D eigenvalue weighted by Crippen LogP contribution is -2.05. The van der Waals surface area contributed by atoms with E-state index in [-0.39, 0.29) is 11.4 Å². The molecule has 4 aromatic rings. The maximum atomic E-state index is 12.4. The molecule has 0 spiro atoms. The van der Waals surface area contributed by atoms with E-state index < -0.39 is 11.9 Å². The SMILES string of the molecule is COC(=O)c1cc2ccccc2cc1Oc1nc(C)nc2sc(C(=O)OC)c(C)c12. The highest BCUT2D eigenvalue weighted by Gasteiger charge is 2.23. The highest BCUT2D eigenvalue weighted by molar-refractivity contribution is 7.20. The molecular weight excluding hydrogens is 404 g/mol. The van der Waals surface area contributed by atoms with Crippen LogP contribution in [0.1, 0.15) is 31.4 Å². The van der Waals surface area contributed by atoms with E-state index in [1.807, 2.05) is 24.3 Å². The summed E-state index contributed by atoms with van der Waals surface area (Å²) in [6, 6.07) is 11.1. The molecule has 0 fully saturated rings. The molecule has 0 aliphatic heterocycles. The second-order valence-electron chi connectivity index (χ2n) is 6.59. The molecule has 2 heterocycles. The molecule has 0 saturated heterocycles. The average molecular weight is 422 g/mol. The molecule has 0 N–H and O–H groups in total. The number of thiophene rings is 1. The van der Waals surface area contributed by atoms with Gasteiger partial charge in [0.15, 0.2) is 0 Å². The Balaban J connectivity index is 1.92. The molecular formula is C22H18N2O5S. The van der Waals surface area contributed by atoms with Crippen LogP contribution in [0.25, 0.3) is 21.0 Å². The van der Waals surface area contributed by atoms with Gasteiger partial charge in [0.25, 0.3) is 0 Å². The molecule has 8 heteroatoms. The summed E-state index contributed by atoms with van der Waals surface area (Å²) in [4.78, 5) is 34.4. The summed E-state index contributed by atoms with van der Waals surface area (Å²) in [5.74, 6) is 0.0951. The van der Waals surface area contributed by atoms with Crippen molar-refractivity contribution in [2.24, 2.45) is 0 Å². The number of esters is 2. The van der Waals surface area contributed by atoms with Crippen LogP contribution in [0.5, 0.6) is 11.6 Å². The van der Waals surface area contributed by atoms with Crippen molar-refractivity contribution in [1.29, 1.82) is 0 Å². The van der Waals surface area contributed by atoms with Crippen LogP contribution in [0.4, 0.5) is 0 Å². The van der Waals surface area contributed by atoms with Crippen LogP contribution in [0.3, 0.4) is 0 Å². The van der Waals surface area contributed by atoms with E-state index in [9.17, 15) is 9.59 Å². The van der Waals surface area contributed by atoms with Crippen molar-refractivity contribution in [2.75, 3.05) is 14.2 Å². The van der Waals surface area contributed by atoms with Crippen molar-refractivity contribution in [3.05, 3.63) is 58.2 Å². The number of aromatic nitrogens is 2. The third-order valence-electron chi connectivity index (χ3n) is 4.70. The maximum absolute atomic E-state index is 12.4. The number of fused-ring (bicyclic) bond motifs is 2. The van der Waals surface area contributed by atoms with Crippen molar-refractivity contribution in [3.63, 3.8) is 0 Å². The summed E-state index contributed by atoms with van der Waals surface area (Å²) < 4.78 is 16.0. The van der Waals surface area contributed by atoms with Gasteiger partial charge in [0, 0.05) is 0 Å². The normalized spacial score (nSPS) is 10.9. The van der Waals surface area contributed by atoms with Crippen LogP contribution >= 0.6 is 11.3 Å². The van der Waals surface area contributed by atoms with Crippen LogP contribution in [-0.2, 0) is 9.47 Å². The summed E-state index contributed by atoms with van der Waals surface area (Å²) in [7, 11) is 2.65. The summed E-state index contributed by atoms with van der Waals surface area (Å²) in [5.41, 5.74) is 0.943. The fraction of sp³-hybridized carbons (Fsp3) is 0.182. The zero-order valence-electron chi connectivity index (χ0n) is 16.8. The van der Waals surface area contributed by atoms with Crippen molar-refractivity contribution < 1.29 is 23.8 Å². The summed E-state index contributed by atoms with van der Waals surface area (Å²) in [6.07, 6.45) is 0. The Labute approximate surface area is 176 Å². The molecule has 2 aromatic heterocycles.